The Morgan fingerprint density at radius 1 is 1.42 bits per heavy atom. The molecule has 1 aromatic carbocycles. The molecule has 0 aliphatic heterocycles. The molecular weight excluding hydrogens is 223 g/mol. The zero-order chi connectivity index (χ0) is 8.81. The van der Waals surface area contributed by atoms with Gasteiger partial charge in [0.1, 0.15) is 19.0 Å². The van der Waals surface area contributed by atoms with E-state index in [2.05, 4.69) is 15.9 Å². The van der Waals surface area contributed by atoms with Crippen molar-refractivity contribution in [2.45, 2.75) is 5.33 Å². The quantitative estimate of drug-likeness (QED) is 0.726. The number of benzene rings is 1. The maximum Gasteiger partial charge on any atom is 0.123 e. The molecule has 1 rings (SSSR count). The third-order valence-corrected chi connectivity index (χ3v) is 2.05. The van der Waals surface area contributed by atoms with Gasteiger partial charge < -0.3 is 4.74 Å². The molecule has 3 heteroatoms. The summed E-state index contributed by atoms with van der Waals surface area (Å²) in [4.78, 5) is 0. The predicted molar refractivity (Wildman–Crippen MR) is 50.5 cm³/mol. The van der Waals surface area contributed by atoms with E-state index in [0.29, 0.717) is 0 Å². The van der Waals surface area contributed by atoms with Gasteiger partial charge in [0.15, 0.2) is 0 Å². The normalized spacial score (nSPS) is 9.83. The third kappa shape index (κ3) is 2.81. The molecule has 0 saturated heterocycles. The highest BCUT2D eigenvalue weighted by Gasteiger charge is 1.94. The van der Waals surface area contributed by atoms with Gasteiger partial charge in [0, 0.05) is 5.33 Å². The van der Waals surface area contributed by atoms with Crippen molar-refractivity contribution in [3.63, 3.8) is 0 Å². The molecule has 0 aromatic heterocycles. The largest absolute Gasteiger partial charge is 0.491 e. The fourth-order valence-corrected chi connectivity index (χ4v) is 1.22. The lowest BCUT2D eigenvalue weighted by atomic mass is 10.2. The number of hydrogen-bond donors (Lipinski definition) is 0. The lowest BCUT2D eigenvalue weighted by Crippen LogP contribution is -1.98. The van der Waals surface area contributed by atoms with Crippen LogP contribution < -0.4 is 4.74 Å². The summed E-state index contributed by atoms with van der Waals surface area (Å²) in [5.41, 5.74) is 1.13. The zero-order valence-electron chi connectivity index (χ0n) is 6.59. The van der Waals surface area contributed by atoms with Crippen molar-refractivity contribution in [2.75, 3.05) is 13.3 Å². The van der Waals surface area contributed by atoms with Crippen molar-refractivity contribution in [1.82, 2.24) is 0 Å². The fourth-order valence-electron chi connectivity index (χ4n) is 0.875. The van der Waals surface area contributed by atoms with Crippen LogP contribution >= 0.6 is 15.9 Å². The standard InChI is InChI=1S/C9H10BrFO/c10-7-8-2-1-3-9(6-8)12-5-4-11/h1-3,6H,4-5,7H2. The summed E-state index contributed by atoms with van der Waals surface area (Å²) < 4.78 is 16.8. The minimum Gasteiger partial charge on any atom is -0.491 e. The van der Waals surface area contributed by atoms with Gasteiger partial charge in [0.25, 0.3) is 0 Å². The predicted octanol–water partition coefficient (Wildman–Crippen LogP) is 2.93. The van der Waals surface area contributed by atoms with Crippen LogP contribution in [0.5, 0.6) is 5.75 Å². The maximum atomic E-state index is 11.7. The Balaban J connectivity index is 2.60. The van der Waals surface area contributed by atoms with E-state index in [1.165, 1.54) is 0 Å². The van der Waals surface area contributed by atoms with Crippen LogP contribution in [0.1, 0.15) is 5.56 Å². The third-order valence-electron chi connectivity index (χ3n) is 1.40. The Morgan fingerprint density at radius 2 is 2.25 bits per heavy atom. The fraction of sp³-hybridized carbons (Fsp3) is 0.333. The first-order chi connectivity index (χ1) is 5.86. The molecular formula is C9H10BrFO. The van der Waals surface area contributed by atoms with Gasteiger partial charge in [-0.15, -0.1) is 0 Å². The van der Waals surface area contributed by atoms with E-state index in [1.807, 2.05) is 24.3 Å². The number of ether oxygens (including phenoxy) is 1. The Bertz CT molecular complexity index is 240. The number of hydrogen-bond acceptors (Lipinski definition) is 1. The molecule has 1 nitrogen and oxygen atoms in total. The van der Waals surface area contributed by atoms with E-state index in [0.717, 1.165) is 16.6 Å². The van der Waals surface area contributed by atoms with Gasteiger partial charge in [-0.25, -0.2) is 4.39 Å². The minimum atomic E-state index is -0.446. The molecule has 0 fully saturated rings. The Hall–Kier alpha value is -0.570. The topological polar surface area (TPSA) is 9.23 Å². The highest BCUT2D eigenvalue weighted by atomic mass is 79.9. The van der Waals surface area contributed by atoms with Gasteiger partial charge in [0.2, 0.25) is 0 Å². The van der Waals surface area contributed by atoms with Crippen LogP contribution in [-0.4, -0.2) is 13.3 Å². The van der Waals surface area contributed by atoms with Crippen molar-refractivity contribution < 1.29 is 9.13 Å². The molecule has 0 heterocycles. The molecule has 0 radical (unpaired) electrons. The summed E-state index contributed by atoms with van der Waals surface area (Å²) in [5, 5.41) is 0.791. The molecule has 0 unspecified atom stereocenters. The summed E-state index contributed by atoms with van der Waals surface area (Å²) in [6.45, 7) is -0.315. The second-order valence-corrected chi connectivity index (χ2v) is 2.88. The molecule has 1 aromatic rings. The van der Waals surface area contributed by atoms with Gasteiger partial charge in [0.05, 0.1) is 0 Å². The lowest BCUT2D eigenvalue weighted by Gasteiger charge is -2.03. The van der Waals surface area contributed by atoms with Gasteiger partial charge >= 0.3 is 0 Å². The molecule has 0 spiro atoms. The van der Waals surface area contributed by atoms with Crippen molar-refractivity contribution in [3.8, 4) is 5.75 Å². The second kappa shape index (κ2) is 5.14. The van der Waals surface area contributed by atoms with E-state index < -0.39 is 6.67 Å². The summed E-state index contributed by atoms with van der Waals surface area (Å²) in [6.07, 6.45) is 0. The van der Waals surface area contributed by atoms with Gasteiger partial charge in [-0.3, -0.25) is 0 Å². The van der Waals surface area contributed by atoms with Crippen molar-refractivity contribution in [3.05, 3.63) is 29.8 Å². The van der Waals surface area contributed by atoms with Gasteiger partial charge in [-0.1, -0.05) is 28.1 Å². The first-order valence-electron chi connectivity index (χ1n) is 3.70. The SMILES string of the molecule is FCCOc1cccc(CBr)c1. The Morgan fingerprint density at radius 3 is 2.92 bits per heavy atom. The zero-order valence-corrected chi connectivity index (χ0v) is 8.18. The summed E-state index contributed by atoms with van der Waals surface area (Å²) in [7, 11) is 0. The molecule has 0 N–H and O–H groups in total. The molecule has 0 aliphatic carbocycles. The molecule has 0 bridgehead atoms. The molecule has 66 valence electrons. The average Bonchev–Trinajstić information content (AvgIpc) is 2.15. The lowest BCUT2D eigenvalue weighted by molar-refractivity contribution is 0.273. The van der Waals surface area contributed by atoms with Crippen LogP contribution in [0.4, 0.5) is 4.39 Å². The molecule has 0 atom stereocenters. The average molecular weight is 233 g/mol. The van der Waals surface area contributed by atoms with E-state index in [9.17, 15) is 4.39 Å². The first kappa shape index (κ1) is 9.52. The first-order valence-corrected chi connectivity index (χ1v) is 4.82. The van der Waals surface area contributed by atoms with Crippen molar-refractivity contribution in [1.29, 1.82) is 0 Å². The monoisotopic (exact) mass is 232 g/mol. The van der Waals surface area contributed by atoms with Crippen molar-refractivity contribution >= 4 is 15.9 Å². The van der Waals surface area contributed by atoms with Crippen LogP contribution in [0.25, 0.3) is 0 Å². The smallest absolute Gasteiger partial charge is 0.123 e. The summed E-state index contributed by atoms with van der Waals surface area (Å²) >= 11 is 3.33. The van der Waals surface area contributed by atoms with Crippen molar-refractivity contribution in [2.24, 2.45) is 0 Å². The molecule has 0 aliphatic rings. The van der Waals surface area contributed by atoms with Gasteiger partial charge in [-0.2, -0.15) is 0 Å². The molecule has 0 saturated carbocycles. The Kier molecular flexibility index (Phi) is 4.08. The number of rotatable bonds is 4. The summed E-state index contributed by atoms with van der Waals surface area (Å²) in [5.74, 6) is 0.726. The maximum absolute atomic E-state index is 11.7. The molecule has 0 amide bonds. The van der Waals surface area contributed by atoms with Crippen LogP contribution in [0.3, 0.4) is 0 Å². The van der Waals surface area contributed by atoms with Crippen LogP contribution in [0.2, 0.25) is 0 Å². The van der Waals surface area contributed by atoms with E-state index in [-0.39, 0.29) is 6.61 Å². The number of alkyl halides is 2. The summed E-state index contributed by atoms with van der Waals surface area (Å²) in [6, 6.07) is 7.59. The number of halogens is 2. The van der Waals surface area contributed by atoms with E-state index >= 15 is 0 Å². The van der Waals surface area contributed by atoms with Crippen LogP contribution in [0.15, 0.2) is 24.3 Å². The Labute approximate surface area is 79.7 Å². The second-order valence-electron chi connectivity index (χ2n) is 2.32. The molecule has 12 heavy (non-hydrogen) atoms. The highest BCUT2D eigenvalue weighted by Crippen LogP contribution is 2.15. The van der Waals surface area contributed by atoms with Crippen LogP contribution in [0, 0.1) is 0 Å². The highest BCUT2D eigenvalue weighted by molar-refractivity contribution is 9.08. The van der Waals surface area contributed by atoms with Crippen LogP contribution in [-0.2, 0) is 5.33 Å². The van der Waals surface area contributed by atoms with E-state index in [1.54, 1.807) is 0 Å². The van der Waals surface area contributed by atoms with E-state index in [4.69, 9.17) is 4.74 Å². The van der Waals surface area contributed by atoms with Gasteiger partial charge in [-0.05, 0) is 17.7 Å². The minimum absolute atomic E-state index is 0.131.